The zero-order valence-electron chi connectivity index (χ0n) is 7.00. The Kier molecular flexibility index (Phi) is 4.01. The Morgan fingerprint density at radius 1 is 1.58 bits per heavy atom. The van der Waals surface area contributed by atoms with Crippen LogP contribution >= 0.6 is 15.9 Å². The minimum Gasteiger partial charge on any atom is -0.480 e. The van der Waals surface area contributed by atoms with E-state index in [0.29, 0.717) is 6.04 Å². The van der Waals surface area contributed by atoms with Crippen molar-refractivity contribution in [2.24, 2.45) is 0 Å². The summed E-state index contributed by atoms with van der Waals surface area (Å²) in [6.45, 7) is 1.12. The molecule has 4 heteroatoms. The standard InChI is InChI=1S/C8H14BrNO2/c9-5-7-3-1-2-4-10(7)6-8(11)12/h7H,1-6H2,(H,11,12). The van der Waals surface area contributed by atoms with Gasteiger partial charge in [-0.15, -0.1) is 0 Å². The van der Waals surface area contributed by atoms with Crippen LogP contribution in [0.2, 0.25) is 0 Å². The molecule has 0 bridgehead atoms. The molecule has 0 spiro atoms. The predicted octanol–water partition coefficient (Wildman–Crippen LogP) is 1.32. The molecule has 0 aromatic carbocycles. The highest BCUT2D eigenvalue weighted by molar-refractivity contribution is 9.09. The van der Waals surface area contributed by atoms with Crippen molar-refractivity contribution in [2.45, 2.75) is 25.3 Å². The minimum atomic E-state index is -0.720. The number of aliphatic carboxylic acids is 1. The number of likely N-dealkylation sites (tertiary alicyclic amines) is 1. The molecule has 0 aliphatic carbocycles. The summed E-state index contributed by atoms with van der Waals surface area (Å²) in [6.07, 6.45) is 3.49. The number of piperidine rings is 1. The summed E-state index contributed by atoms with van der Waals surface area (Å²) in [5, 5.41) is 9.51. The number of hydrogen-bond donors (Lipinski definition) is 1. The average Bonchev–Trinajstić information content (AvgIpc) is 2.04. The molecular weight excluding hydrogens is 222 g/mol. The van der Waals surface area contributed by atoms with Crippen molar-refractivity contribution in [3.05, 3.63) is 0 Å². The van der Waals surface area contributed by atoms with Gasteiger partial charge in [-0.05, 0) is 19.4 Å². The van der Waals surface area contributed by atoms with Crippen LogP contribution in [0.4, 0.5) is 0 Å². The van der Waals surface area contributed by atoms with Crippen molar-refractivity contribution in [2.75, 3.05) is 18.4 Å². The Balaban J connectivity index is 2.41. The number of carboxylic acids is 1. The maximum Gasteiger partial charge on any atom is 0.317 e. The summed E-state index contributed by atoms with van der Waals surface area (Å²) >= 11 is 3.41. The number of alkyl halides is 1. The normalized spacial score (nSPS) is 25.6. The van der Waals surface area contributed by atoms with Gasteiger partial charge in [-0.1, -0.05) is 22.4 Å². The van der Waals surface area contributed by atoms with Gasteiger partial charge >= 0.3 is 5.97 Å². The molecule has 1 aliphatic heterocycles. The Bertz CT molecular complexity index is 163. The number of rotatable bonds is 3. The monoisotopic (exact) mass is 235 g/mol. The second kappa shape index (κ2) is 4.82. The molecule has 1 heterocycles. The molecule has 0 radical (unpaired) electrons. The summed E-state index contributed by atoms with van der Waals surface area (Å²) in [5.41, 5.74) is 0. The third-order valence-electron chi connectivity index (χ3n) is 2.27. The lowest BCUT2D eigenvalue weighted by Crippen LogP contribution is -2.43. The molecule has 1 rings (SSSR count). The van der Waals surface area contributed by atoms with E-state index < -0.39 is 5.97 Å². The highest BCUT2D eigenvalue weighted by atomic mass is 79.9. The maximum absolute atomic E-state index is 10.5. The molecule has 70 valence electrons. The molecule has 1 N–H and O–H groups in total. The van der Waals surface area contributed by atoms with Crippen LogP contribution in [0.1, 0.15) is 19.3 Å². The largest absolute Gasteiger partial charge is 0.480 e. The molecule has 1 saturated heterocycles. The SMILES string of the molecule is O=C(O)CN1CCCCC1CBr. The van der Waals surface area contributed by atoms with Gasteiger partial charge in [0, 0.05) is 11.4 Å². The molecule has 1 atom stereocenters. The smallest absolute Gasteiger partial charge is 0.317 e. The van der Waals surface area contributed by atoms with E-state index in [-0.39, 0.29) is 6.54 Å². The molecule has 0 aromatic rings. The van der Waals surface area contributed by atoms with Crippen LogP contribution in [0.15, 0.2) is 0 Å². The lowest BCUT2D eigenvalue weighted by Gasteiger charge is -2.33. The topological polar surface area (TPSA) is 40.5 Å². The zero-order chi connectivity index (χ0) is 8.97. The number of hydrogen-bond acceptors (Lipinski definition) is 2. The lowest BCUT2D eigenvalue weighted by atomic mass is 10.0. The minimum absolute atomic E-state index is 0.191. The first-order valence-electron chi connectivity index (χ1n) is 4.26. The highest BCUT2D eigenvalue weighted by Crippen LogP contribution is 2.17. The first-order valence-corrected chi connectivity index (χ1v) is 5.38. The molecule has 0 saturated carbocycles. The molecule has 0 aromatic heterocycles. The van der Waals surface area contributed by atoms with E-state index in [1.54, 1.807) is 0 Å². The number of halogens is 1. The van der Waals surface area contributed by atoms with Gasteiger partial charge in [-0.25, -0.2) is 0 Å². The quantitative estimate of drug-likeness (QED) is 0.751. The van der Waals surface area contributed by atoms with E-state index in [2.05, 4.69) is 15.9 Å². The lowest BCUT2D eigenvalue weighted by molar-refractivity contribution is -0.139. The van der Waals surface area contributed by atoms with Crippen LogP contribution in [0.3, 0.4) is 0 Å². The van der Waals surface area contributed by atoms with Crippen LogP contribution in [0, 0.1) is 0 Å². The van der Waals surface area contributed by atoms with Gasteiger partial charge in [0.25, 0.3) is 0 Å². The zero-order valence-corrected chi connectivity index (χ0v) is 8.59. The molecule has 1 fully saturated rings. The Hall–Kier alpha value is -0.0900. The van der Waals surface area contributed by atoms with Gasteiger partial charge in [0.1, 0.15) is 0 Å². The van der Waals surface area contributed by atoms with E-state index in [1.165, 1.54) is 6.42 Å². The third-order valence-corrected chi connectivity index (χ3v) is 3.01. The van der Waals surface area contributed by atoms with Gasteiger partial charge < -0.3 is 5.11 Å². The van der Waals surface area contributed by atoms with Crippen molar-refractivity contribution in [1.29, 1.82) is 0 Å². The number of carbonyl (C=O) groups is 1. The highest BCUT2D eigenvalue weighted by Gasteiger charge is 2.22. The first-order chi connectivity index (χ1) is 5.74. The Labute approximate surface area is 80.9 Å². The number of carboxylic acid groups (broad SMARTS) is 1. The van der Waals surface area contributed by atoms with Gasteiger partial charge in [0.15, 0.2) is 0 Å². The predicted molar refractivity (Wildman–Crippen MR) is 50.6 cm³/mol. The van der Waals surface area contributed by atoms with Crippen LogP contribution < -0.4 is 0 Å². The summed E-state index contributed by atoms with van der Waals surface area (Å²) in [7, 11) is 0. The molecule has 1 aliphatic rings. The fraction of sp³-hybridized carbons (Fsp3) is 0.875. The Morgan fingerprint density at radius 3 is 2.92 bits per heavy atom. The van der Waals surface area contributed by atoms with Crippen LogP contribution in [0.5, 0.6) is 0 Å². The van der Waals surface area contributed by atoms with Gasteiger partial charge in [-0.2, -0.15) is 0 Å². The Morgan fingerprint density at radius 2 is 2.33 bits per heavy atom. The van der Waals surface area contributed by atoms with E-state index in [1.807, 2.05) is 4.90 Å². The first kappa shape index (κ1) is 9.99. The number of nitrogens with zero attached hydrogens (tertiary/aromatic N) is 1. The van der Waals surface area contributed by atoms with Gasteiger partial charge in [-0.3, -0.25) is 9.69 Å². The van der Waals surface area contributed by atoms with E-state index in [9.17, 15) is 4.79 Å². The summed E-state index contributed by atoms with van der Waals surface area (Å²) in [6, 6.07) is 0.426. The molecule has 0 amide bonds. The van der Waals surface area contributed by atoms with Crippen LogP contribution in [0.25, 0.3) is 0 Å². The van der Waals surface area contributed by atoms with Crippen molar-refractivity contribution < 1.29 is 9.90 Å². The molecule has 12 heavy (non-hydrogen) atoms. The molecule has 3 nitrogen and oxygen atoms in total. The van der Waals surface area contributed by atoms with Crippen LogP contribution in [-0.4, -0.2) is 40.4 Å². The van der Waals surface area contributed by atoms with E-state index in [0.717, 1.165) is 24.7 Å². The summed E-state index contributed by atoms with van der Waals surface area (Å²) in [4.78, 5) is 12.5. The molecule has 1 unspecified atom stereocenters. The second-order valence-electron chi connectivity index (χ2n) is 3.17. The van der Waals surface area contributed by atoms with Crippen molar-refractivity contribution >= 4 is 21.9 Å². The van der Waals surface area contributed by atoms with E-state index in [4.69, 9.17) is 5.11 Å². The maximum atomic E-state index is 10.5. The van der Waals surface area contributed by atoms with Gasteiger partial charge in [0.05, 0.1) is 6.54 Å². The fourth-order valence-corrected chi connectivity index (χ4v) is 2.35. The van der Waals surface area contributed by atoms with E-state index >= 15 is 0 Å². The van der Waals surface area contributed by atoms with Gasteiger partial charge in [0.2, 0.25) is 0 Å². The summed E-state index contributed by atoms with van der Waals surface area (Å²) < 4.78 is 0. The van der Waals surface area contributed by atoms with Crippen molar-refractivity contribution in [3.63, 3.8) is 0 Å². The summed E-state index contributed by atoms with van der Waals surface area (Å²) in [5.74, 6) is -0.720. The second-order valence-corrected chi connectivity index (χ2v) is 3.82. The van der Waals surface area contributed by atoms with Crippen molar-refractivity contribution in [1.82, 2.24) is 4.90 Å². The third kappa shape index (κ3) is 2.75. The molecular formula is C8H14BrNO2. The van der Waals surface area contributed by atoms with Crippen molar-refractivity contribution in [3.8, 4) is 0 Å². The average molecular weight is 236 g/mol. The fourth-order valence-electron chi connectivity index (χ4n) is 1.62. The van der Waals surface area contributed by atoms with Crippen LogP contribution in [-0.2, 0) is 4.79 Å².